The zero-order valence-electron chi connectivity index (χ0n) is 9.69. The number of amides is 1. The molecule has 0 aliphatic carbocycles. The van der Waals surface area contributed by atoms with E-state index in [1.54, 1.807) is 20.8 Å². The van der Waals surface area contributed by atoms with Crippen LogP contribution in [0.2, 0.25) is 0 Å². The molecule has 1 aliphatic heterocycles. The highest BCUT2D eigenvalue weighted by Gasteiger charge is 2.24. The third-order valence-corrected chi connectivity index (χ3v) is 1.89. The zero-order chi connectivity index (χ0) is 12.1. The van der Waals surface area contributed by atoms with Crippen LogP contribution in [0.15, 0.2) is 0 Å². The van der Waals surface area contributed by atoms with Crippen molar-refractivity contribution in [2.24, 2.45) is 5.92 Å². The van der Waals surface area contributed by atoms with Gasteiger partial charge in [0.2, 0.25) is 0 Å². The Morgan fingerprint density at radius 2 is 2.06 bits per heavy atom. The first-order valence-corrected chi connectivity index (χ1v) is 5.24. The molecular weight excluding hydrogens is 214 g/mol. The van der Waals surface area contributed by atoms with E-state index in [1.165, 1.54) is 0 Å². The standard InChI is InChI=1S/C10H17NO5/c1-6(2)9(12)16-7(3)11-10(13)15-5-8-4-14-8/h6-8H,4-5H2,1-3H3,(H,11,13). The fraction of sp³-hybridized carbons (Fsp3) is 0.800. The molecular formula is C10H17NO5. The number of carbonyl (C=O) groups is 2. The number of epoxide rings is 1. The van der Waals surface area contributed by atoms with E-state index in [4.69, 9.17) is 14.2 Å². The number of carbonyl (C=O) groups excluding carboxylic acids is 2. The van der Waals surface area contributed by atoms with Crippen molar-refractivity contribution in [1.29, 1.82) is 0 Å². The van der Waals surface area contributed by atoms with Crippen LogP contribution in [0.4, 0.5) is 4.79 Å². The highest BCUT2D eigenvalue weighted by molar-refractivity contribution is 5.72. The highest BCUT2D eigenvalue weighted by Crippen LogP contribution is 2.08. The first-order chi connectivity index (χ1) is 7.49. The first kappa shape index (κ1) is 12.8. The van der Waals surface area contributed by atoms with Crippen LogP contribution in [0.1, 0.15) is 20.8 Å². The van der Waals surface area contributed by atoms with Gasteiger partial charge in [-0.25, -0.2) is 4.79 Å². The summed E-state index contributed by atoms with van der Waals surface area (Å²) < 4.78 is 14.6. The Morgan fingerprint density at radius 1 is 1.44 bits per heavy atom. The van der Waals surface area contributed by atoms with Crippen LogP contribution in [-0.2, 0) is 19.0 Å². The quantitative estimate of drug-likeness (QED) is 0.427. The van der Waals surface area contributed by atoms with Crippen LogP contribution in [0.25, 0.3) is 0 Å². The molecule has 0 aromatic heterocycles. The Hall–Kier alpha value is -1.30. The van der Waals surface area contributed by atoms with Crippen LogP contribution in [0.3, 0.4) is 0 Å². The lowest BCUT2D eigenvalue weighted by molar-refractivity contribution is -0.153. The summed E-state index contributed by atoms with van der Waals surface area (Å²) in [6, 6.07) is 0. The Morgan fingerprint density at radius 3 is 2.56 bits per heavy atom. The molecule has 1 rings (SSSR count). The minimum atomic E-state index is -0.692. The Kier molecular flexibility index (Phi) is 4.54. The first-order valence-electron chi connectivity index (χ1n) is 5.24. The second-order valence-corrected chi connectivity index (χ2v) is 3.93. The number of alkyl carbamates (subject to hydrolysis) is 1. The van der Waals surface area contributed by atoms with Crippen LogP contribution in [-0.4, -0.2) is 37.6 Å². The van der Waals surface area contributed by atoms with Crippen LogP contribution in [0, 0.1) is 5.92 Å². The van der Waals surface area contributed by atoms with Crippen molar-refractivity contribution >= 4 is 12.1 Å². The number of nitrogens with one attached hydrogen (secondary N) is 1. The Balaban J connectivity index is 2.13. The van der Waals surface area contributed by atoms with Crippen molar-refractivity contribution in [1.82, 2.24) is 5.32 Å². The van der Waals surface area contributed by atoms with Gasteiger partial charge in [-0.1, -0.05) is 13.8 Å². The SMILES string of the molecule is CC(NC(=O)OCC1CO1)OC(=O)C(C)C. The van der Waals surface area contributed by atoms with Gasteiger partial charge in [-0.2, -0.15) is 0 Å². The third-order valence-electron chi connectivity index (χ3n) is 1.89. The molecule has 0 aromatic carbocycles. The molecule has 0 saturated carbocycles. The average molecular weight is 231 g/mol. The van der Waals surface area contributed by atoms with E-state index in [-0.39, 0.29) is 24.6 Å². The van der Waals surface area contributed by atoms with Gasteiger partial charge < -0.3 is 14.2 Å². The molecule has 0 aromatic rings. The number of hydrogen-bond acceptors (Lipinski definition) is 5. The molecule has 16 heavy (non-hydrogen) atoms. The largest absolute Gasteiger partial charge is 0.447 e. The second-order valence-electron chi connectivity index (χ2n) is 3.93. The number of ether oxygens (including phenoxy) is 3. The molecule has 1 N–H and O–H groups in total. The Bertz CT molecular complexity index is 262. The smallest absolute Gasteiger partial charge is 0.410 e. The summed E-state index contributed by atoms with van der Waals surface area (Å²) in [6.45, 7) is 5.87. The van der Waals surface area contributed by atoms with Crippen molar-refractivity contribution in [2.45, 2.75) is 33.1 Å². The van der Waals surface area contributed by atoms with Gasteiger partial charge in [0.25, 0.3) is 0 Å². The summed E-state index contributed by atoms with van der Waals surface area (Å²) in [7, 11) is 0. The fourth-order valence-electron chi connectivity index (χ4n) is 0.880. The summed E-state index contributed by atoms with van der Waals surface area (Å²) in [4.78, 5) is 22.3. The van der Waals surface area contributed by atoms with E-state index in [9.17, 15) is 9.59 Å². The molecule has 0 bridgehead atoms. The fourth-order valence-corrected chi connectivity index (χ4v) is 0.880. The highest BCUT2D eigenvalue weighted by atomic mass is 16.6. The van der Waals surface area contributed by atoms with Crippen molar-refractivity contribution in [3.63, 3.8) is 0 Å². The summed E-state index contributed by atoms with van der Waals surface area (Å²) in [6.07, 6.45) is -1.28. The Labute approximate surface area is 94.2 Å². The summed E-state index contributed by atoms with van der Waals surface area (Å²) in [5.41, 5.74) is 0. The zero-order valence-corrected chi connectivity index (χ0v) is 9.69. The lowest BCUT2D eigenvalue weighted by atomic mass is 10.2. The van der Waals surface area contributed by atoms with Gasteiger partial charge in [0.15, 0.2) is 6.23 Å². The van der Waals surface area contributed by atoms with Crippen molar-refractivity contribution < 1.29 is 23.8 Å². The van der Waals surface area contributed by atoms with Gasteiger partial charge in [0.1, 0.15) is 12.7 Å². The van der Waals surface area contributed by atoms with E-state index < -0.39 is 12.3 Å². The van der Waals surface area contributed by atoms with Gasteiger partial charge in [-0.15, -0.1) is 0 Å². The molecule has 1 fully saturated rings. The third kappa shape index (κ3) is 4.97. The molecule has 1 heterocycles. The van der Waals surface area contributed by atoms with E-state index in [0.717, 1.165) is 0 Å². The van der Waals surface area contributed by atoms with Gasteiger partial charge in [-0.05, 0) is 6.92 Å². The molecule has 6 heteroatoms. The number of esters is 1. The molecule has 2 atom stereocenters. The maximum Gasteiger partial charge on any atom is 0.410 e. The number of hydrogen-bond donors (Lipinski definition) is 1. The van der Waals surface area contributed by atoms with Gasteiger partial charge in [-0.3, -0.25) is 10.1 Å². The van der Waals surface area contributed by atoms with Crippen molar-refractivity contribution in [3.05, 3.63) is 0 Å². The van der Waals surface area contributed by atoms with Crippen LogP contribution < -0.4 is 5.32 Å². The predicted molar refractivity (Wildman–Crippen MR) is 54.6 cm³/mol. The minimum absolute atomic E-state index is 0.0271. The summed E-state index contributed by atoms with van der Waals surface area (Å²) >= 11 is 0. The molecule has 92 valence electrons. The molecule has 1 amide bonds. The molecule has 0 radical (unpaired) electrons. The lowest BCUT2D eigenvalue weighted by Crippen LogP contribution is -2.37. The predicted octanol–water partition coefficient (Wildman–Crippen LogP) is 0.657. The average Bonchev–Trinajstić information content (AvgIpc) is 2.97. The second kappa shape index (κ2) is 5.69. The van der Waals surface area contributed by atoms with Crippen molar-refractivity contribution in [3.8, 4) is 0 Å². The molecule has 6 nitrogen and oxygen atoms in total. The maximum atomic E-state index is 11.2. The van der Waals surface area contributed by atoms with Gasteiger partial charge in [0.05, 0.1) is 12.5 Å². The van der Waals surface area contributed by atoms with E-state index in [2.05, 4.69) is 5.32 Å². The minimum Gasteiger partial charge on any atom is -0.447 e. The topological polar surface area (TPSA) is 77.2 Å². The van der Waals surface area contributed by atoms with E-state index in [1.807, 2.05) is 0 Å². The normalized spacial score (nSPS) is 20.1. The molecule has 2 unspecified atom stereocenters. The maximum absolute atomic E-state index is 11.2. The van der Waals surface area contributed by atoms with E-state index >= 15 is 0 Å². The van der Waals surface area contributed by atoms with E-state index in [0.29, 0.717) is 6.61 Å². The molecule has 1 aliphatic rings. The summed E-state index contributed by atoms with van der Waals surface area (Å²) in [5, 5.41) is 2.39. The van der Waals surface area contributed by atoms with Crippen LogP contribution in [0.5, 0.6) is 0 Å². The van der Waals surface area contributed by atoms with Crippen LogP contribution >= 0.6 is 0 Å². The van der Waals surface area contributed by atoms with Crippen molar-refractivity contribution in [2.75, 3.05) is 13.2 Å². The lowest BCUT2D eigenvalue weighted by Gasteiger charge is -2.15. The molecule has 1 saturated heterocycles. The molecule has 0 spiro atoms. The summed E-state index contributed by atoms with van der Waals surface area (Å²) in [5.74, 6) is -0.585. The monoisotopic (exact) mass is 231 g/mol. The van der Waals surface area contributed by atoms with Gasteiger partial charge >= 0.3 is 12.1 Å². The number of rotatable bonds is 5. The van der Waals surface area contributed by atoms with Gasteiger partial charge in [0, 0.05) is 0 Å².